The van der Waals surface area contributed by atoms with Gasteiger partial charge in [-0.3, -0.25) is 10.1 Å². The van der Waals surface area contributed by atoms with Crippen LogP contribution in [0.15, 0.2) is 16.7 Å². The van der Waals surface area contributed by atoms with Crippen LogP contribution in [0.4, 0.5) is 14.5 Å². The normalized spacial score (nSPS) is 12.7. The molecule has 112 valence electrons. The summed E-state index contributed by atoms with van der Waals surface area (Å²) in [6, 6.07) is 0.903. The molecule has 0 fully saturated rings. The summed E-state index contributed by atoms with van der Waals surface area (Å²) < 4.78 is 32.6. The molecule has 0 aliphatic heterocycles. The molecule has 1 unspecified atom stereocenters. The van der Waals surface area contributed by atoms with Crippen molar-refractivity contribution in [2.45, 2.75) is 19.9 Å². The minimum atomic E-state index is -1.36. The van der Waals surface area contributed by atoms with E-state index in [1.54, 1.807) is 0 Å². The van der Waals surface area contributed by atoms with Crippen LogP contribution in [-0.2, 0) is 0 Å². The van der Waals surface area contributed by atoms with Gasteiger partial charge in [-0.15, -0.1) is 0 Å². The van der Waals surface area contributed by atoms with Crippen molar-refractivity contribution in [2.24, 2.45) is 11.7 Å². The minimum Gasteiger partial charge on any atom is -0.337 e. The first-order valence-electron chi connectivity index (χ1n) is 6.04. The number of nitro benzene ring substituents is 1. The molecule has 7 nitrogen and oxygen atoms in total. The number of nitrogens with zero attached hydrogens (tertiary/aromatic N) is 3. The van der Waals surface area contributed by atoms with E-state index in [1.807, 2.05) is 13.8 Å². The van der Waals surface area contributed by atoms with E-state index in [2.05, 4.69) is 10.1 Å². The summed E-state index contributed by atoms with van der Waals surface area (Å²) in [5.41, 5.74) is 4.21. The molecule has 2 N–H and O–H groups in total. The van der Waals surface area contributed by atoms with E-state index in [9.17, 15) is 18.9 Å². The first kappa shape index (κ1) is 15.0. The van der Waals surface area contributed by atoms with E-state index in [0.717, 1.165) is 12.1 Å². The minimum absolute atomic E-state index is 0.00491. The maximum Gasteiger partial charge on any atom is 0.305 e. The number of aromatic nitrogens is 2. The van der Waals surface area contributed by atoms with E-state index in [0.29, 0.717) is 0 Å². The van der Waals surface area contributed by atoms with Crippen LogP contribution in [0.3, 0.4) is 0 Å². The predicted molar refractivity (Wildman–Crippen MR) is 68.1 cm³/mol. The molecule has 21 heavy (non-hydrogen) atoms. The zero-order valence-corrected chi connectivity index (χ0v) is 11.2. The number of nitro groups is 1. The average Bonchev–Trinajstić information content (AvgIpc) is 2.86. The lowest BCUT2D eigenvalue weighted by atomic mass is 10.1. The molecule has 1 aromatic carbocycles. The predicted octanol–water partition coefficient (Wildman–Crippen LogP) is 2.58. The largest absolute Gasteiger partial charge is 0.337 e. The van der Waals surface area contributed by atoms with E-state index in [4.69, 9.17) is 10.3 Å². The molecule has 0 saturated heterocycles. The summed E-state index contributed by atoms with van der Waals surface area (Å²) in [5, 5.41) is 14.1. The van der Waals surface area contributed by atoms with Gasteiger partial charge in [0.25, 0.3) is 0 Å². The van der Waals surface area contributed by atoms with Crippen LogP contribution < -0.4 is 5.73 Å². The Hall–Kier alpha value is -2.42. The second-order valence-corrected chi connectivity index (χ2v) is 4.74. The summed E-state index contributed by atoms with van der Waals surface area (Å²) in [5.74, 6) is -2.82. The van der Waals surface area contributed by atoms with Gasteiger partial charge in [0, 0.05) is 6.07 Å². The third-order valence-corrected chi connectivity index (χ3v) is 2.94. The number of hydrogen-bond donors (Lipinski definition) is 1. The molecule has 2 rings (SSSR count). The molecule has 0 radical (unpaired) electrons. The van der Waals surface area contributed by atoms with Crippen LogP contribution in [0.1, 0.15) is 25.8 Å². The van der Waals surface area contributed by atoms with Crippen molar-refractivity contribution in [1.82, 2.24) is 10.1 Å². The summed E-state index contributed by atoms with van der Waals surface area (Å²) in [6.45, 7) is 3.62. The van der Waals surface area contributed by atoms with Crippen molar-refractivity contribution >= 4 is 5.69 Å². The van der Waals surface area contributed by atoms with Crippen LogP contribution in [0, 0.1) is 27.7 Å². The van der Waals surface area contributed by atoms with Gasteiger partial charge >= 0.3 is 5.69 Å². The molecule has 9 heteroatoms. The van der Waals surface area contributed by atoms with Crippen molar-refractivity contribution in [3.63, 3.8) is 0 Å². The molecule has 0 aliphatic rings. The Balaban J connectivity index is 2.52. The summed E-state index contributed by atoms with van der Waals surface area (Å²) >= 11 is 0. The zero-order valence-electron chi connectivity index (χ0n) is 11.2. The van der Waals surface area contributed by atoms with Crippen molar-refractivity contribution in [2.75, 3.05) is 0 Å². The van der Waals surface area contributed by atoms with Gasteiger partial charge in [0.2, 0.25) is 17.5 Å². The van der Waals surface area contributed by atoms with E-state index < -0.39 is 39.7 Å². The standard InChI is InChI=1S/C12H12F2N4O3/c1-5(2)10(15)12-16-11(17-21-12)8-6(13)3-4-7(9(8)14)18(19)20/h3-5,10H,15H2,1-2H3. The highest BCUT2D eigenvalue weighted by molar-refractivity contribution is 5.61. The zero-order chi connectivity index (χ0) is 15.7. The van der Waals surface area contributed by atoms with Crippen molar-refractivity contribution < 1.29 is 18.2 Å². The van der Waals surface area contributed by atoms with Gasteiger partial charge in [-0.25, -0.2) is 4.39 Å². The third kappa shape index (κ3) is 2.72. The van der Waals surface area contributed by atoms with Crippen LogP contribution in [-0.4, -0.2) is 15.1 Å². The molecule has 0 bridgehead atoms. The van der Waals surface area contributed by atoms with Gasteiger partial charge in [-0.2, -0.15) is 9.37 Å². The average molecular weight is 298 g/mol. The number of benzene rings is 1. The van der Waals surface area contributed by atoms with Crippen molar-refractivity contribution in [3.05, 3.63) is 39.8 Å². The second-order valence-electron chi connectivity index (χ2n) is 4.74. The lowest BCUT2D eigenvalue weighted by Crippen LogP contribution is -2.16. The van der Waals surface area contributed by atoms with Crippen LogP contribution in [0.5, 0.6) is 0 Å². The fraction of sp³-hybridized carbons (Fsp3) is 0.333. The summed E-state index contributed by atoms with van der Waals surface area (Å²) in [7, 11) is 0. The molecule has 1 atom stereocenters. The van der Waals surface area contributed by atoms with Crippen LogP contribution in [0.25, 0.3) is 11.4 Å². The molecular weight excluding hydrogens is 286 g/mol. The van der Waals surface area contributed by atoms with Gasteiger partial charge in [-0.05, 0) is 12.0 Å². The number of hydrogen-bond acceptors (Lipinski definition) is 6. The van der Waals surface area contributed by atoms with Gasteiger partial charge in [-0.1, -0.05) is 19.0 Å². The molecule has 1 aromatic heterocycles. The molecular formula is C12H12F2N4O3. The van der Waals surface area contributed by atoms with Gasteiger partial charge < -0.3 is 10.3 Å². The van der Waals surface area contributed by atoms with Gasteiger partial charge in [0.15, 0.2) is 0 Å². The lowest BCUT2D eigenvalue weighted by Gasteiger charge is -2.09. The SMILES string of the molecule is CC(C)C(N)c1nc(-c2c(F)ccc([N+](=O)[O-])c2F)no1. The van der Waals surface area contributed by atoms with Gasteiger partial charge in [0.05, 0.1) is 11.0 Å². The van der Waals surface area contributed by atoms with E-state index >= 15 is 0 Å². The Morgan fingerprint density at radius 3 is 2.62 bits per heavy atom. The summed E-state index contributed by atoms with van der Waals surface area (Å²) in [4.78, 5) is 13.5. The molecule has 0 amide bonds. The Morgan fingerprint density at radius 1 is 1.38 bits per heavy atom. The smallest absolute Gasteiger partial charge is 0.305 e. The first-order valence-corrected chi connectivity index (χ1v) is 6.04. The maximum atomic E-state index is 14.0. The molecule has 1 heterocycles. The Kier molecular flexibility index (Phi) is 3.94. The quantitative estimate of drug-likeness (QED) is 0.686. The van der Waals surface area contributed by atoms with Gasteiger partial charge in [0.1, 0.15) is 11.4 Å². The highest BCUT2D eigenvalue weighted by Crippen LogP contribution is 2.30. The number of rotatable bonds is 4. The molecule has 0 aliphatic carbocycles. The van der Waals surface area contributed by atoms with Crippen molar-refractivity contribution in [3.8, 4) is 11.4 Å². The fourth-order valence-electron chi connectivity index (χ4n) is 1.64. The maximum absolute atomic E-state index is 14.0. The highest BCUT2D eigenvalue weighted by atomic mass is 19.1. The Bertz CT molecular complexity index is 687. The first-order chi connectivity index (χ1) is 9.82. The second kappa shape index (κ2) is 5.52. The highest BCUT2D eigenvalue weighted by Gasteiger charge is 2.27. The number of halogens is 2. The fourth-order valence-corrected chi connectivity index (χ4v) is 1.64. The Labute approximate surface area is 117 Å². The molecule has 2 aromatic rings. The topological polar surface area (TPSA) is 108 Å². The third-order valence-electron chi connectivity index (χ3n) is 2.94. The summed E-state index contributed by atoms with van der Waals surface area (Å²) in [6.07, 6.45) is 0. The van der Waals surface area contributed by atoms with Crippen LogP contribution >= 0.6 is 0 Å². The molecule has 0 saturated carbocycles. The van der Waals surface area contributed by atoms with E-state index in [1.165, 1.54) is 0 Å². The van der Waals surface area contributed by atoms with Crippen LogP contribution in [0.2, 0.25) is 0 Å². The van der Waals surface area contributed by atoms with Crippen molar-refractivity contribution in [1.29, 1.82) is 0 Å². The lowest BCUT2D eigenvalue weighted by molar-refractivity contribution is -0.387. The van der Waals surface area contributed by atoms with E-state index in [-0.39, 0.29) is 11.8 Å². The number of nitrogens with two attached hydrogens (primary N) is 1. The monoisotopic (exact) mass is 298 g/mol. The Morgan fingerprint density at radius 2 is 2.05 bits per heavy atom. The molecule has 0 spiro atoms.